The molecule has 0 saturated heterocycles. The second-order valence-corrected chi connectivity index (χ2v) is 7.08. The van der Waals surface area contributed by atoms with E-state index in [1.165, 1.54) is 25.7 Å². The van der Waals surface area contributed by atoms with Gasteiger partial charge in [-0.25, -0.2) is 0 Å². The van der Waals surface area contributed by atoms with E-state index in [1.54, 1.807) is 48.5 Å². The highest BCUT2D eigenvalue weighted by Crippen LogP contribution is 2.16. The molecule has 1 atom stereocenters. The van der Waals surface area contributed by atoms with Crippen molar-refractivity contribution in [1.82, 2.24) is 0 Å². The molecule has 3 N–H and O–H groups in total. The summed E-state index contributed by atoms with van der Waals surface area (Å²) in [4.78, 5) is 21.2. The Kier molecular flexibility index (Phi) is 12.4. The van der Waals surface area contributed by atoms with E-state index in [9.17, 15) is 9.59 Å². The first kappa shape index (κ1) is 25.0. The number of carbonyl (C=O) groups is 2. The molecule has 0 bridgehead atoms. The van der Waals surface area contributed by atoms with Crippen molar-refractivity contribution in [1.29, 1.82) is 0 Å². The normalized spacial score (nSPS) is 11.1. The van der Waals surface area contributed by atoms with Crippen molar-refractivity contribution in [3.05, 3.63) is 60.2 Å². The standard InChI is InChI=1S/C13H20O2.C11H12O4/c1-2-3-4-5-6-11-15-13-9-7-12(14)8-10-13;12-10(13)7-9(11(14)15)6-8-4-2-1-3-5-8/h7-10,14H,2-6,11H2,1H3;1-5,9H,6-7H2,(H,12,13)(H,14,15). The molecule has 0 aromatic heterocycles. The molecule has 1 unspecified atom stereocenters. The van der Waals surface area contributed by atoms with E-state index in [1.807, 2.05) is 6.07 Å². The van der Waals surface area contributed by atoms with Gasteiger partial charge in [0.25, 0.3) is 0 Å². The summed E-state index contributed by atoms with van der Waals surface area (Å²) in [6, 6.07) is 15.9. The van der Waals surface area contributed by atoms with Crippen LogP contribution in [0.15, 0.2) is 54.6 Å². The molecule has 30 heavy (non-hydrogen) atoms. The number of aromatic hydroxyl groups is 1. The first-order valence-corrected chi connectivity index (χ1v) is 10.3. The van der Waals surface area contributed by atoms with Crippen LogP contribution in [0.4, 0.5) is 0 Å². The number of rotatable bonds is 12. The number of hydrogen-bond donors (Lipinski definition) is 3. The third kappa shape index (κ3) is 11.7. The van der Waals surface area contributed by atoms with Crippen LogP contribution in [0.3, 0.4) is 0 Å². The predicted molar refractivity (Wildman–Crippen MR) is 116 cm³/mol. The summed E-state index contributed by atoms with van der Waals surface area (Å²) in [6.07, 6.45) is 6.16. The molecule has 0 radical (unpaired) electrons. The highest BCUT2D eigenvalue weighted by molar-refractivity contribution is 5.78. The zero-order chi connectivity index (χ0) is 22.2. The Bertz CT molecular complexity index is 727. The molecule has 0 fully saturated rings. The van der Waals surface area contributed by atoms with Gasteiger partial charge in [0.05, 0.1) is 18.9 Å². The van der Waals surface area contributed by atoms with Gasteiger partial charge in [-0.3, -0.25) is 9.59 Å². The summed E-state index contributed by atoms with van der Waals surface area (Å²) in [5.41, 5.74) is 0.839. The lowest BCUT2D eigenvalue weighted by Crippen LogP contribution is -2.20. The van der Waals surface area contributed by atoms with E-state index in [2.05, 4.69) is 6.92 Å². The molecule has 0 heterocycles. The first-order valence-electron chi connectivity index (χ1n) is 10.3. The van der Waals surface area contributed by atoms with E-state index in [-0.39, 0.29) is 18.6 Å². The highest BCUT2D eigenvalue weighted by Gasteiger charge is 2.21. The van der Waals surface area contributed by atoms with Crippen molar-refractivity contribution < 1.29 is 29.6 Å². The molecule has 0 saturated carbocycles. The highest BCUT2D eigenvalue weighted by atomic mass is 16.5. The van der Waals surface area contributed by atoms with Crippen molar-refractivity contribution in [2.24, 2.45) is 5.92 Å². The fraction of sp³-hybridized carbons (Fsp3) is 0.417. The van der Waals surface area contributed by atoms with Crippen LogP contribution in [0, 0.1) is 5.92 Å². The lowest BCUT2D eigenvalue weighted by atomic mass is 9.96. The molecule has 164 valence electrons. The third-order valence-electron chi connectivity index (χ3n) is 4.45. The van der Waals surface area contributed by atoms with Gasteiger partial charge in [0, 0.05) is 0 Å². The molecular formula is C24H32O6. The Labute approximate surface area is 178 Å². The Hall–Kier alpha value is -3.02. The number of aliphatic carboxylic acids is 2. The van der Waals surface area contributed by atoms with Gasteiger partial charge in [-0.05, 0) is 42.7 Å². The van der Waals surface area contributed by atoms with Crippen molar-refractivity contribution in [2.75, 3.05) is 6.61 Å². The average Bonchev–Trinajstić information content (AvgIpc) is 2.72. The number of unbranched alkanes of at least 4 members (excludes halogenated alkanes) is 4. The molecule has 6 nitrogen and oxygen atoms in total. The van der Waals surface area contributed by atoms with Crippen LogP contribution in [0.2, 0.25) is 0 Å². The molecule has 2 aromatic carbocycles. The maximum Gasteiger partial charge on any atom is 0.307 e. The van der Waals surface area contributed by atoms with Crippen LogP contribution < -0.4 is 4.74 Å². The summed E-state index contributed by atoms with van der Waals surface area (Å²) in [5.74, 6) is -1.89. The summed E-state index contributed by atoms with van der Waals surface area (Å²) in [6.45, 7) is 2.99. The topological polar surface area (TPSA) is 104 Å². The molecule has 0 aliphatic rings. The van der Waals surface area contributed by atoms with E-state index in [0.717, 1.165) is 24.3 Å². The van der Waals surface area contributed by atoms with Gasteiger partial charge in [-0.2, -0.15) is 0 Å². The number of benzene rings is 2. The van der Waals surface area contributed by atoms with E-state index in [0.29, 0.717) is 0 Å². The number of phenolic OH excluding ortho intramolecular Hbond substituents is 1. The van der Waals surface area contributed by atoms with Crippen LogP contribution in [-0.4, -0.2) is 33.9 Å². The summed E-state index contributed by atoms with van der Waals surface area (Å²) in [7, 11) is 0. The zero-order valence-corrected chi connectivity index (χ0v) is 17.5. The van der Waals surface area contributed by atoms with Gasteiger partial charge >= 0.3 is 11.9 Å². The SMILES string of the molecule is CCCCCCCOc1ccc(O)cc1.O=C(O)CC(Cc1ccccc1)C(=O)O. The van der Waals surface area contributed by atoms with Gasteiger partial charge in [0.1, 0.15) is 11.5 Å². The monoisotopic (exact) mass is 416 g/mol. The first-order chi connectivity index (χ1) is 14.4. The van der Waals surface area contributed by atoms with Crippen molar-refractivity contribution in [3.8, 4) is 11.5 Å². The molecule has 0 aliphatic heterocycles. The lowest BCUT2D eigenvalue weighted by molar-refractivity contribution is -0.148. The van der Waals surface area contributed by atoms with E-state index in [4.69, 9.17) is 20.1 Å². The third-order valence-corrected chi connectivity index (χ3v) is 4.45. The second kappa shape index (κ2) is 14.9. The smallest absolute Gasteiger partial charge is 0.307 e. The predicted octanol–water partition coefficient (Wildman–Crippen LogP) is 5.15. The van der Waals surface area contributed by atoms with E-state index >= 15 is 0 Å². The Morgan fingerprint density at radius 1 is 0.900 bits per heavy atom. The Morgan fingerprint density at radius 2 is 1.53 bits per heavy atom. The minimum absolute atomic E-state index is 0.252. The fourth-order valence-corrected chi connectivity index (χ4v) is 2.79. The van der Waals surface area contributed by atoms with Gasteiger partial charge in [-0.1, -0.05) is 62.9 Å². The van der Waals surface area contributed by atoms with Gasteiger partial charge < -0.3 is 20.1 Å². The van der Waals surface area contributed by atoms with Gasteiger partial charge in [0.15, 0.2) is 0 Å². The number of ether oxygens (including phenoxy) is 1. The number of carboxylic acids is 2. The maximum absolute atomic E-state index is 10.8. The van der Waals surface area contributed by atoms with Crippen LogP contribution in [-0.2, 0) is 16.0 Å². The van der Waals surface area contributed by atoms with Crippen molar-refractivity contribution in [3.63, 3.8) is 0 Å². The zero-order valence-electron chi connectivity index (χ0n) is 17.5. The van der Waals surface area contributed by atoms with Crippen LogP contribution in [0.25, 0.3) is 0 Å². The summed E-state index contributed by atoms with van der Waals surface area (Å²) < 4.78 is 5.53. The Balaban J connectivity index is 0.000000300. The second-order valence-electron chi connectivity index (χ2n) is 7.08. The van der Waals surface area contributed by atoms with Crippen molar-refractivity contribution in [2.45, 2.75) is 51.9 Å². The molecular weight excluding hydrogens is 384 g/mol. The molecule has 2 rings (SSSR count). The minimum atomic E-state index is -1.08. The maximum atomic E-state index is 10.8. The van der Waals surface area contributed by atoms with E-state index < -0.39 is 17.9 Å². The molecule has 0 amide bonds. The number of phenols is 1. The van der Waals surface area contributed by atoms with Crippen LogP contribution >= 0.6 is 0 Å². The molecule has 6 heteroatoms. The molecule has 0 spiro atoms. The quantitative estimate of drug-likeness (QED) is 0.414. The van der Waals surface area contributed by atoms with Gasteiger partial charge in [0.2, 0.25) is 0 Å². The fourth-order valence-electron chi connectivity index (χ4n) is 2.79. The number of carboxylic acid groups (broad SMARTS) is 2. The Morgan fingerprint density at radius 3 is 2.10 bits per heavy atom. The largest absolute Gasteiger partial charge is 0.508 e. The van der Waals surface area contributed by atoms with Crippen LogP contribution in [0.5, 0.6) is 11.5 Å². The lowest BCUT2D eigenvalue weighted by Gasteiger charge is -2.09. The summed E-state index contributed by atoms with van der Waals surface area (Å²) in [5, 5.41) is 26.4. The minimum Gasteiger partial charge on any atom is -0.508 e. The number of hydrogen-bond acceptors (Lipinski definition) is 4. The average molecular weight is 417 g/mol. The van der Waals surface area contributed by atoms with Crippen LogP contribution in [0.1, 0.15) is 51.0 Å². The summed E-state index contributed by atoms with van der Waals surface area (Å²) >= 11 is 0. The molecule has 2 aromatic rings. The van der Waals surface area contributed by atoms with Gasteiger partial charge in [-0.15, -0.1) is 0 Å². The van der Waals surface area contributed by atoms with Crippen molar-refractivity contribution >= 4 is 11.9 Å². The molecule has 0 aliphatic carbocycles.